The first-order chi connectivity index (χ1) is 7.39. The van der Waals surface area contributed by atoms with E-state index in [4.69, 9.17) is 5.73 Å². The number of methoxy groups -OCH3 is 1. The van der Waals surface area contributed by atoms with E-state index < -0.39 is 17.4 Å². The van der Waals surface area contributed by atoms with Crippen molar-refractivity contribution in [3.8, 4) is 0 Å². The zero-order valence-corrected chi connectivity index (χ0v) is 10.9. The highest BCUT2D eigenvalue weighted by Crippen LogP contribution is 2.32. The lowest BCUT2D eigenvalue weighted by Gasteiger charge is -2.28. The van der Waals surface area contributed by atoms with Gasteiger partial charge in [0.25, 0.3) is 0 Å². The smallest absolute Gasteiger partial charge is 0.313 e. The summed E-state index contributed by atoms with van der Waals surface area (Å²) in [4.78, 5) is 11.5. The molecule has 0 unspecified atom stereocenters. The first-order valence-electron chi connectivity index (χ1n) is 4.99. The molecule has 0 saturated carbocycles. The maximum Gasteiger partial charge on any atom is 0.313 e. The SMILES string of the molecule is COC(=O)C(C)(C)[C@H](N)c1cccc(F)c1.Cl. The third-order valence-corrected chi connectivity index (χ3v) is 2.70. The van der Waals surface area contributed by atoms with Gasteiger partial charge in [-0.3, -0.25) is 4.79 Å². The molecule has 0 spiro atoms. The van der Waals surface area contributed by atoms with Crippen molar-refractivity contribution in [2.24, 2.45) is 11.1 Å². The number of benzene rings is 1. The molecule has 0 saturated heterocycles. The zero-order chi connectivity index (χ0) is 12.3. The van der Waals surface area contributed by atoms with Crippen molar-refractivity contribution in [3.05, 3.63) is 35.6 Å². The van der Waals surface area contributed by atoms with Gasteiger partial charge in [-0.25, -0.2) is 4.39 Å². The summed E-state index contributed by atoms with van der Waals surface area (Å²) in [6, 6.07) is 5.32. The van der Waals surface area contributed by atoms with Gasteiger partial charge in [-0.05, 0) is 31.5 Å². The van der Waals surface area contributed by atoms with Crippen molar-refractivity contribution < 1.29 is 13.9 Å². The predicted molar refractivity (Wildman–Crippen MR) is 66.4 cm³/mol. The van der Waals surface area contributed by atoms with Crippen LogP contribution in [0.3, 0.4) is 0 Å². The van der Waals surface area contributed by atoms with Crippen molar-refractivity contribution >= 4 is 18.4 Å². The van der Waals surface area contributed by atoms with Gasteiger partial charge >= 0.3 is 5.97 Å². The van der Waals surface area contributed by atoms with Crippen LogP contribution < -0.4 is 5.73 Å². The summed E-state index contributed by atoms with van der Waals surface area (Å²) in [6.07, 6.45) is 0. The number of nitrogens with two attached hydrogens (primary N) is 1. The van der Waals surface area contributed by atoms with Crippen molar-refractivity contribution in [1.82, 2.24) is 0 Å². The first kappa shape index (κ1) is 15.9. The van der Waals surface area contributed by atoms with Crippen molar-refractivity contribution in [1.29, 1.82) is 0 Å². The summed E-state index contributed by atoms with van der Waals surface area (Å²) in [5.41, 5.74) is 5.64. The topological polar surface area (TPSA) is 52.3 Å². The van der Waals surface area contributed by atoms with Gasteiger partial charge in [0, 0.05) is 6.04 Å². The van der Waals surface area contributed by atoms with Crippen LogP contribution in [-0.2, 0) is 9.53 Å². The molecule has 3 nitrogen and oxygen atoms in total. The van der Waals surface area contributed by atoms with Crippen molar-refractivity contribution in [2.75, 3.05) is 7.11 Å². The summed E-state index contributed by atoms with van der Waals surface area (Å²) >= 11 is 0. The molecular formula is C12H17ClFNO2. The van der Waals surface area contributed by atoms with Crippen LogP contribution in [0.2, 0.25) is 0 Å². The maximum absolute atomic E-state index is 13.0. The van der Waals surface area contributed by atoms with Crippen LogP contribution in [0.5, 0.6) is 0 Å². The minimum Gasteiger partial charge on any atom is -0.469 e. The Morgan fingerprint density at radius 2 is 2.06 bits per heavy atom. The Labute approximate surface area is 107 Å². The monoisotopic (exact) mass is 261 g/mol. The molecule has 1 atom stereocenters. The second kappa shape index (κ2) is 5.98. The molecule has 17 heavy (non-hydrogen) atoms. The van der Waals surface area contributed by atoms with Gasteiger partial charge in [0.15, 0.2) is 0 Å². The summed E-state index contributed by atoms with van der Waals surface area (Å²) in [6.45, 7) is 3.35. The van der Waals surface area contributed by atoms with Crippen LogP contribution in [0, 0.1) is 11.2 Å². The average molecular weight is 262 g/mol. The van der Waals surface area contributed by atoms with E-state index in [0.717, 1.165) is 0 Å². The number of ether oxygens (including phenoxy) is 1. The number of rotatable bonds is 3. The van der Waals surface area contributed by atoms with E-state index in [0.29, 0.717) is 5.56 Å². The molecule has 96 valence electrons. The van der Waals surface area contributed by atoms with E-state index >= 15 is 0 Å². The van der Waals surface area contributed by atoms with E-state index in [1.165, 1.54) is 19.2 Å². The Hall–Kier alpha value is -1.13. The third kappa shape index (κ3) is 3.41. The van der Waals surface area contributed by atoms with Gasteiger partial charge in [-0.1, -0.05) is 12.1 Å². The number of esters is 1. The molecule has 0 fully saturated rings. The van der Waals surface area contributed by atoms with Gasteiger partial charge in [0.1, 0.15) is 5.82 Å². The van der Waals surface area contributed by atoms with E-state index in [2.05, 4.69) is 4.74 Å². The molecule has 0 aliphatic heterocycles. The summed E-state index contributed by atoms with van der Waals surface area (Å²) in [7, 11) is 1.31. The molecule has 5 heteroatoms. The van der Waals surface area contributed by atoms with Crippen LogP contribution >= 0.6 is 12.4 Å². The van der Waals surface area contributed by atoms with Crippen LogP contribution in [0.15, 0.2) is 24.3 Å². The van der Waals surface area contributed by atoms with E-state index in [9.17, 15) is 9.18 Å². The fraction of sp³-hybridized carbons (Fsp3) is 0.417. The number of hydrogen-bond donors (Lipinski definition) is 1. The van der Waals surface area contributed by atoms with Crippen molar-refractivity contribution in [2.45, 2.75) is 19.9 Å². The Morgan fingerprint density at radius 1 is 1.47 bits per heavy atom. The second-order valence-corrected chi connectivity index (χ2v) is 4.25. The largest absolute Gasteiger partial charge is 0.469 e. The molecule has 1 aromatic carbocycles. The standard InChI is InChI=1S/C12H16FNO2.ClH/c1-12(2,11(15)16-3)10(14)8-5-4-6-9(13)7-8;/h4-7,10H,14H2,1-3H3;1H/t10-;/m1./s1. The van der Waals surface area contributed by atoms with Crippen LogP contribution in [0.25, 0.3) is 0 Å². The molecule has 0 amide bonds. The van der Waals surface area contributed by atoms with Gasteiger partial charge in [-0.2, -0.15) is 0 Å². The Morgan fingerprint density at radius 3 is 2.53 bits per heavy atom. The van der Waals surface area contributed by atoms with E-state index in [-0.39, 0.29) is 18.2 Å². The van der Waals surface area contributed by atoms with E-state index in [1.54, 1.807) is 26.0 Å². The highest BCUT2D eigenvalue weighted by atomic mass is 35.5. The molecular weight excluding hydrogens is 245 g/mol. The highest BCUT2D eigenvalue weighted by Gasteiger charge is 2.36. The van der Waals surface area contributed by atoms with Crippen LogP contribution in [-0.4, -0.2) is 13.1 Å². The third-order valence-electron chi connectivity index (χ3n) is 2.70. The van der Waals surface area contributed by atoms with Gasteiger partial charge in [-0.15, -0.1) is 12.4 Å². The molecule has 0 heterocycles. The maximum atomic E-state index is 13.0. The molecule has 0 aliphatic carbocycles. The fourth-order valence-corrected chi connectivity index (χ4v) is 1.51. The van der Waals surface area contributed by atoms with Crippen molar-refractivity contribution in [3.63, 3.8) is 0 Å². The first-order valence-corrected chi connectivity index (χ1v) is 4.99. The molecule has 1 aromatic rings. The lowest BCUT2D eigenvalue weighted by Crippen LogP contribution is -2.37. The Balaban J connectivity index is 0.00000256. The molecule has 0 radical (unpaired) electrons. The lowest BCUT2D eigenvalue weighted by molar-refractivity contribution is -0.152. The van der Waals surface area contributed by atoms with Gasteiger partial charge < -0.3 is 10.5 Å². The quantitative estimate of drug-likeness (QED) is 0.851. The zero-order valence-electron chi connectivity index (χ0n) is 10.1. The van der Waals surface area contributed by atoms with Crippen LogP contribution in [0.1, 0.15) is 25.5 Å². The molecule has 2 N–H and O–H groups in total. The number of carbonyl (C=O) groups is 1. The molecule has 0 aromatic heterocycles. The number of halogens is 2. The normalized spacial score (nSPS) is 12.5. The fourth-order valence-electron chi connectivity index (χ4n) is 1.51. The average Bonchev–Trinajstić information content (AvgIpc) is 2.26. The summed E-state index contributed by atoms with van der Waals surface area (Å²) in [5, 5.41) is 0. The summed E-state index contributed by atoms with van der Waals surface area (Å²) in [5.74, 6) is -0.780. The molecule has 0 bridgehead atoms. The second-order valence-electron chi connectivity index (χ2n) is 4.25. The minimum atomic E-state index is -0.886. The number of carbonyl (C=O) groups excluding carboxylic acids is 1. The Bertz CT molecular complexity index is 396. The lowest BCUT2D eigenvalue weighted by atomic mass is 9.81. The van der Waals surface area contributed by atoms with Gasteiger partial charge in [0.05, 0.1) is 12.5 Å². The Kier molecular flexibility index (Phi) is 5.58. The minimum absolute atomic E-state index is 0. The number of hydrogen-bond acceptors (Lipinski definition) is 3. The summed E-state index contributed by atoms with van der Waals surface area (Å²) < 4.78 is 17.7. The van der Waals surface area contributed by atoms with E-state index in [1.807, 2.05) is 0 Å². The molecule has 0 aliphatic rings. The predicted octanol–water partition coefficient (Wildman–Crippen LogP) is 2.45. The highest BCUT2D eigenvalue weighted by molar-refractivity contribution is 5.85. The van der Waals surface area contributed by atoms with Gasteiger partial charge in [0.2, 0.25) is 0 Å². The van der Waals surface area contributed by atoms with Crippen LogP contribution in [0.4, 0.5) is 4.39 Å². The molecule has 1 rings (SSSR count).